The zero-order chi connectivity index (χ0) is 15.0. The second-order valence-electron chi connectivity index (χ2n) is 4.85. The third-order valence-electron chi connectivity index (χ3n) is 3.39. The predicted octanol–water partition coefficient (Wildman–Crippen LogP) is 1.15. The molecule has 7 nitrogen and oxygen atoms in total. The highest BCUT2D eigenvalue weighted by Crippen LogP contribution is 2.30. The molecule has 110 valence electrons. The van der Waals surface area contributed by atoms with Crippen LogP contribution in [0.3, 0.4) is 0 Å². The summed E-state index contributed by atoms with van der Waals surface area (Å²) in [5, 5.41) is 12.6. The maximum Gasteiger partial charge on any atom is 0.176 e. The fourth-order valence-electron chi connectivity index (χ4n) is 2.36. The lowest BCUT2D eigenvalue weighted by atomic mass is 10.1. The standard InChI is InChI=1S/C13H15FN6O/c1-7-9-5-8(14)3-4-11(9)21-13(7)10(16-15)6-12-17-19-20(2)18-12/h3-5,10,16H,6,15H2,1-2H3. The number of hydrazine groups is 1. The van der Waals surface area contributed by atoms with Crippen LogP contribution in [-0.4, -0.2) is 20.2 Å². The first-order valence-electron chi connectivity index (χ1n) is 6.46. The van der Waals surface area contributed by atoms with Crippen molar-refractivity contribution >= 4 is 11.0 Å². The third-order valence-corrected chi connectivity index (χ3v) is 3.39. The van der Waals surface area contributed by atoms with Gasteiger partial charge in [0.2, 0.25) is 0 Å². The molecule has 0 spiro atoms. The highest BCUT2D eigenvalue weighted by atomic mass is 19.1. The molecule has 2 heterocycles. The molecule has 0 aliphatic carbocycles. The van der Waals surface area contributed by atoms with Gasteiger partial charge in [-0.2, -0.15) is 4.80 Å². The fourth-order valence-corrected chi connectivity index (χ4v) is 2.36. The van der Waals surface area contributed by atoms with Gasteiger partial charge < -0.3 is 4.42 Å². The number of fused-ring (bicyclic) bond motifs is 1. The van der Waals surface area contributed by atoms with Crippen LogP contribution in [0.5, 0.6) is 0 Å². The van der Waals surface area contributed by atoms with Crippen LogP contribution in [-0.2, 0) is 13.5 Å². The van der Waals surface area contributed by atoms with E-state index in [2.05, 4.69) is 20.8 Å². The van der Waals surface area contributed by atoms with E-state index in [1.807, 2.05) is 6.92 Å². The van der Waals surface area contributed by atoms with Gasteiger partial charge in [-0.1, -0.05) is 0 Å². The quantitative estimate of drug-likeness (QED) is 0.553. The lowest BCUT2D eigenvalue weighted by Gasteiger charge is -2.11. The van der Waals surface area contributed by atoms with Crippen molar-refractivity contribution in [2.75, 3.05) is 0 Å². The summed E-state index contributed by atoms with van der Waals surface area (Å²) < 4.78 is 19.1. The van der Waals surface area contributed by atoms with Crippen LogP contribution in [0.25, 0.3) is 11.0 Å². The molecule has 2 aromatic heterocycles. The minimum Gasteiger partial charge on any atom is -0.459 e. The van der Waals surface area contributed by atoms with Crippen LogP contribution >= 0.6 is 0 Å². The van der Waals surface area contributed by atoms with Crippen molar-refractivity contribution < 1.29 is 8.81 Å². The molecule has 0 saturated carbocycles. The molecule has 1 atom stereocenters. The normalized spacial score (nSPS) is 13.0. The number of nitrogens with zero attached hydrogens (tertiary/aromatic N) is 4. The van der Waals surface area contributed by atoms with E-state index in [9.17, 15) is 4.39 Å². The Morgan fingerprint density at radius 3 is 2.95 bits per heavy atom. The van der Waals surface area contributed by atoms with Gasteiger partial charge in [-0.3, -0.25) is 5.84 Å². The van der Waals surface area contributed by atoms with E-state index >= 15 is 0 Å². The van der Waals surface area contributed by atoms with Gasteiger partial charge in [-0.25, -0.2) is 9.82 Å². The van der Waals surface area contributed by atoms with Gasteiger partial charge in [0.05, 0.1) is 13.1 Å². The summed E-state index contributed by atoms with van der Waals surface area (Å²) in [6, 6.07) is 4.11. The molecule has 0 aliphatic heterocycles. The number of nitrogens with two attached hydrogens (primary N) is 1. The maximum atomic E-state index is 13.3. The van der Waals surface area contributed by atoms with E-state index in [1.165, 1.54) is 16.9 Å². The van der Waals surface area contributed by atoms with Crippen molar-refractivity contribution in [2.45, 2.75) is 19.4 Å². The largest absolute Gasteiger partial charge is 0.459 e. The topological polar surface area (TPSA) is 94.8 Å². The lowest BCUT2D eigenvalue weighted by molar-refractivity contribution is 0.425. The SMILES string of the molecule is Cc1c(C(Cc2nnn(C)n2)NN)oc2ccc(F)cc12. The van der Waals surface area contributed by atoms with E-state index in [0.29, 0.717) is 23.6 Å². The van der Waals surface area contributed by atoms with Gasteiger partial charge in [0.15, 0.2) is 5.82 Å². The molecule has 0 aliphatic rings. The molecule has 3 aromatic rings. The average Bonchev–Trinajstić information content (AvgIpc) is 3.01. The highest BCUT2D eigenvalue weighted by molar-refractivity contribution is 5.82. The average molecular weight is 290 g/mol. The second kappa shape index (κ2) is 5.23. The number of hydrogen-bond donors (Lipinski definition) is 2. The molecule has 0 saturated heterocycles. The van der Waals surface area contributed by atoms with E-state index in [0.717, 1.165) is 10.9 Å². The van der Waals surface area contributed by atoms with Gasteiger partial charge in [0, 0.05) is 17.4 Å². The first-order valence-corrected chi connectivity index (χ1v) is 6.46. The van der Waals surface area contributed by atoms with Gasteiger partial charge in [0.25, 0.3) is 0 Å². The Kier molecular flexibility index (Phi) is 3.40. The zero-order valence-corrected chi connectivity index (χ0v) is 11.7. The van der Waals surface area contributed by atoms with Gasteiger partial charge >= 0.3 is 0 Å². The van der Waals surface area contributed by atoms with Crippen molar-refractivity contribution in [3.63, 3.8) is 0 Å². The summed E-state index contributed by atoms with van der Waals surface area (Å²) in [5.41, 5.74) is 4.15. The number of benzene rings is 1. The summed E-state index contributed by atoms with van der Waals surface area (Å²) in [6.07, 6.45) is 0.424. The highest BCUT2D eigenvalue weighted by Gasteiger charge is 2.22. The first-order chi connectivity index (χ1) is 10.1. The number of tetrazole rings is 1. The van der Waals surface area contributed by atoms with Gasteiger partial charge in [0.1, 0.15) is 17.2 Å². The maximum absolute atomic E-state index is 13.3. The summed E-state index contributed by atoms with van der Waals surface area (Å²) in [6.45, 7) is 1.87. The minimum atomic E-state index is -0.315. The summed E-state index contributed by atoms with van der Waals surface area (Å²) in [5.74, 6) is 6.50. The molecule has 3 N–H and O–H groups in total. The summed E-state index contributed by atoms with van der Waals surface area (Å²) in [7, 11) is 1.69. The van der Waals surface area contributed by atoms with Crippen LogP contribution in [0.4, 0.5) is 4.39 Å². The molecule has 3 rings (SSSR count). The fraction of sp³-hybridized carbons (Fsp3) is 0.308. The van der Waals surface area contributed by atoms with Gasteiger partial charge in [-0.15, -0.1) is 10.2 Å². The monoisotopic (exact) mass is 290 g/mol. The number of aryl methyl sites for hydroxylation is 2. The number of nitrogens with one attached hydrogen (secondary N) is 1. The molecular weight excluding hydrogens is 275 g/mol. The number of furan rings is 1. The first kappa shape index (κ1) is 13.7. The van der Waals surface area contributed by atoms with E-state index < -0.39 is 0 Å². The Morgan fingerprint density at radius 2 is 2.29 bits per heavy atom. The Hall–Kier alpha value is -2.32. The van der Waals surface area contributed by atoms with Crippen molar-refractivity contribution in [1.29, 1.82) is 0 Å². The summed E-state index contributed by atoms with van der Waals surface area (Å²) >= 11 is 0. The van der Waals surface area contributed by atoms with Crippen LogP contribution in [0.15, 0.2) is 22.6 Å². The van der Waals surface area contributed by atoms with Crippen LogP contribution < -0.4 is 11.3 Å². The predicted molar refractivity (Wildman–Crippen MR) is 73.5 cm³/mol. The smallest absolute Gasteiger partial charge is 0.176 e. The zero-order valence-electron chi connectivity index (χ0n) is 11.7. The van der Waals surface area contributed by atoms with Crippen LogP contribution in [0.2, 0.25) is 0 Å². The lowest BCUT2D eigenvalue weighted by Crippen LogP contribution is -2.30. The molecule has 0 radical (unpaired) electrons. The molecule has 0 amide bonds. The van der Waals surface area contributed by atoms with Crippen molar-refractivity contribution in [1.82, 2.24) is 25.6 Å². The van der Waals surface area contributed by atoms with Crippen molar-refractivity contribution in [3.8, 4) is 0 Å². The molecule has 8 heteroatoms. The summed E-state index contributed by atoms with van der Waals surface area (Å²) in [4.78, 5) is 1.38. The van der Waals surface area contributed by atoms with E-state index in [-0.39, 0.29) is 11.9 Å². The van der Waals surface area contributed by atoms with Crippen LogP contribution in [0, 0.1) is 12.7 Å². The minimum absolute atomic E-state index is 0.300. The van der Waals surface area contributed by atoms with Crippen molar-refractivity contribution in [2.24, 2.45) is 12.9 Å². The molecule has 1 unspecified atom stereocenters. The number of halogens is 1. The molecule has 1 aromatic carbocycles. The molecule has 21 heavy (non-hydrogen) atoms. The van der Waals surface area contributed by atoms with Crippen LogP contribution in [0.1, 0.15) is 23.2 Å². The number of rotatable bonds is 4. The third kappa shape index (κ3) is 2.50. The molecule has 0 fully saturated rings. The van der Waals surface area contributed by atoms with Gasteiger partial charge in [-0.05, 0) is 30.3 Å². The van der Waals surface area contributed by atoms with E-state index in [4.69, 9.17) is 10.3 Å². The number of aromatic nitrogens is 4. The Morgan fingerprint density at radius 1 is 1.48 bits per heavy atom. The molecule has 0 bridgehead atoms. The molecular formula is C13H15FN6O. The van der Waals surface area contributed by atoms with Crippen molar-refractivity contribution in [3.05, 3.63) is 41.2 Å². The number of hydrogen-bond acceptors (Lipinski definition) is 6. The Labute approximate surface area is 119 Å². The second-order valence-corrected chi connectivity index (χ2v) is 4.85. The van der Waals surface area contributed by atoms with E-state index in [1.54, 1.807) is 13.1 Å². The Bertz CT molecular complexity index is 780. The Balaban J connectivity index is 1.98.